The summed E-state index contributed by atoms with van der Waals surface area (Å²) >= 11 is 1.14. The van der Waals surface area contributed by atoms with Crippen molar-refractivity contribution in [1.82, 2.24) is 20.2 Å². The van der Waals surface area contributed by atoms with Gasteiger partial charge in [-0.2, -0.15) is 0 Å². The summed E-state index contributed by atoms with van der Waals surface area (Å²) in [6, 6.07) is 14.8. The van der Waals surface area contributed by atoms with Crippen LogP contribution < -0.4 is 11.1 Å². The molecule has 0 saturated carbocycles. The quantitative estimate of drug-likeness (QED) is 0.366. The van der Waals surface area contributed by atoms with Crippen LogP contribution in [-0.2, 0) is 4.79 Å². The number of aromatic amines is 1. The fraction of sp³-hybridized carbons (Fsp3) is 0.0588. The molecule has 0 unspecified atom stereocenters. The van der Waals surface area contributed by atoms with Crippen LogP contribution in [0.25, 0.3) is 22.5 Å². The molecular formula is C17H14N6O2S. The monoisotopic (exact) mass is 366 g/mol. The van der Waals surface area contributed by atoms with Crippen molar-refractivity contribution in [3.63, 3.8) is 0 Å². The Bertz CT molecular complexity index is 1040. The van der Waals surface area contributed by atoms with Gasteiger partial charge in [-0.1, -0.05) is 36.0 Å². The molecule has 4 aromatic rings. The molecule has 0 bridgehead atoms. The molecule has 9 heteroatoms. The van der Waals surface area contributed by atoms with E-state index in [1.807, 2.05) is 36.4 Å². The minimum absolute atomic E-state index is 0.114. The van der Waals surface area contributed by atoms with Crippen molar-refractivity contribution in [3.05, 3.63) is 48.5 Å². The normalized spacial score (nSPS) is 10.9. The van der Waals surface area contributed by atoms with Gasteiger partial charge in [0, 0.05) is 5.69 Å². The number of nitrogen functional groups attached to an aromatic ring is 1. The summed E-state index contributed by atoms with van der Waals surface area (Å²) in [6.45, 7) is 0. The summed E-state index contributed by atoms with van der Waals surface area (Å²) in [5.41, 5.74) is 8.76. The predicted octanol–water partition coefficient (Wildman–Crippen LogP) is 2.93. The molecular weight excluding hydrogens is 352 g/mol. The van der Waals surface area contributed by atoms with Crippen LogP contribution in [0.5, 0.6) is 0 Å². The number of imidazole rings is 1. The highest BCUT2D eigenvalue weighted by Gasteiger charge is 2.13. The number of hydrogen-bond donors (Lipinski definition) is 3. The third-order valence-corrected chi connectivity index (χ3v) is 4.39. The minimum atomic E-state index is -0.229. The average molecular weight is 366 g/mol. The molecule has 4 N–H and O–H groups in total. The Morgan fingerprint density at radius 2 is 1.96 bits per heavy atom. The smallest absolute Gasteiger partial charge is 0.277 e. The van der Waals surface area contributed by atoms with Crippen molar-refractivity contribution in [1.29, 1.82) is 0 Å². The van der Waals surface area contributed by atoms with Crippen LogP contribution in [0.4, 0.5) is 11.6 Å². The molecule has 130 valence electrons. The zero-order valence-electron chi connectivity index (χ0n) is 13.5. The summed E-state index contributed by atoms with van der Waals surface area (Å²) < 4.78 is 5.56. The molecule has 0 aliphatic carbocycles. The Labute approximate surface area is 152 Å². The maximum absolute atomic E-state index is 12.1. The maximum atomic E-state index is 12.1. The van der Waals surface area contributed by atoms with Gasteiger partial charge in [0.2, 0.25) is 11.9 Å². The number of carbonyl (C=O) groups is 1. The molecule has 0 radical (unpaired) electrons. The Balaban J connectivity index is 1.38. The van der Waals surface area contributed by atoms with E-state index in [4.69, 9.17) is 10.2 Å². The van der Waals surface area contributed by atoms with Gasteiger partial charge in [0.25, 0.3) is 11.1 Å². The lowest BCUT2D eigenvalue weighted by Crippen LogP contribution is -2.14. The van der Waals surface area contributed by atoms with Crippen molar-refractivity contribution in [2.45, 2.75) is 5.22 Å². The summed E-state index contributed by atoms with van der Waals surface area (Å²) in [7, 11) is 0. The molecule has 2 aromatic carbocycles. The van der Waals surface area contributed by atoms with Crippen LogP contribution in [0.15, 0.2) is 58.2 Å². The maximum Gasteiger partial charge on any atom is 0.277 e. The fourth-order valence-corrected chi connectivity index (χ4v) is 2.94. The van der Waals surface area contributed by atoms with Crippen molar-refractivity contribution in [2.24, 2.45) is 0 Å². The van der Waals surface area contributed by atoms with Gasteiger partial charge in [-0.25, -0.2) is 4.98 Å². The van der Waals surface area contributed by atoms with E-state index in [0.717, 1.165) is 22.8 Å². The van der Waals surface area contributed by atoms with E-state index in [9.17, 15) is 4.79 Å². The number of H-pyrrole nitrogens is 1. The van der Waals surface area contributed by atoms with Crippen molar-refractivity contribution in [2.75, 3.05) is 16.8 Å². The Morgan fingerprint density at radius 3 is 2.81 bits per heavy atom. The van der Waals surface area contributed by atoms with Gasteiger partial charge < -0.3 is 15.1 Å². The Kier molecular flexibility index (Phi) is 4.28. The minimum Gasteiger partial charge on any atom is -0.411 e. The molecule has 8 nitrogen and oxygen atoms in total. The van der Waals surface area contributed by atoms with Gasteiger partial charge in [0.05, 0.1) is 22.3 Å². The number of anilines is 2. The molecule has 0 aliphatic heterocycles. The zero-order valence-corrected chi connectivity index (χ0v) is 14.3. The van der Waals surface area contributed by atoms with Gasteiger partial charge in [0.1, 0.15) is 0 Å². The Hall–Kier alpha value is -3.33. The molecule has 0 aliphatic rings. The fourth-order valence-electron chi connectivity index (χ4n) is 2.38. The first-order valence-corrected chi connectivity index (χ1v) is 8.73. The van der Waals surface area contributed by atoms with E-state index in [1.165, 1.54) is 0 Å². The van der Waals surface area contributed by atoms with Crippen LogP contribution in [0, 0.1) is 0 Å². The van der Waals surface area contributed by atoms with Crippen molar-refractivity contribution >= 4 is 40.3 Å². The molecule has 0 fully saturated rings. The van der Waals surface area contributed by atoms with Gasteiger partial charge in [-0.3, -0.25) is 10.1 Å². The first-order valence-electron chi connectivity index (χ1n) is 7.75. The number of thioether (sulfide) groups is 1. The van der Waals surface area contributed by atoms with Crippen molar-refractivity contribution in [3.8, 4) is 11.5 Å². The van der Waals surface area contributed by atoms with Crippen LogP contribution in [-0.4, -0.2) is 31.8 Å². The lowest BCUT2D eigenvalue weighted by atomic mass is 10.2. The zero-order chi connectivity index (χ0) is 17.9. The Morgan fingerprint density at radius 1 is 1.15 bits per heavy atom. The van der Waals surface area contributed by atoms with E-state index < -0.39 is 0 Å². The molecule has 4 rings (SSSR count). The summed E-state index contributed by atoms with van der Waals surface area (Å²) in [5, 5.41) is 10.9. The topological polar surface area (TPSA) is 123 Å². The number of para-hydroxylation sites is 3. The average Bonchev–Trinajstić information content (AvgIpc) is 3.26. The van der Waals surface area contributed by atoms with E-state index in [2.05, 4.69) is 25.5 Å². The number of hydrogen-bond acceptors (Lipinski definition) is 7. The standard InChI is InChI=1S/C17H14N6O2S/c18-11-6-2-1-5-10(11)15-22-23-17(25-15)26-9-14(24)21-16-19-12-7-3-4-8-13(12)20-16/h1-8H,9,18H2,(H2,19,20,21,24). The first-order chi connectivity index (χ1) is 12.7. The number of aromatic nitrogens is 4. The summed E-state index contributed by atoms with van der Waals surface area (Å²) in [6.07, 6.45) is 0. The third-order valence-electron chi connectivity index (χ3n) is 3.57. The van der Waals surface area contributed by atoms with Gasteiger partial charge >= 0.3 is 0 Å². The molecule has 0 atom stereocenters. The predicted molar refractivity (Wildman–Crippen MR) is 99.6 cm³/mol. The van der Waals surface area contributed by atoms with Crippen LogP contribution >= 0.6 is 11.8 Å². The number of amides is 1. The van der Waals surface area contributed by atoms with E-state index in [1.54, 1.807) is 12.1 Å². The number of carbonyl (C=O) groups excluding carboxylic acids is 1. The molecule has 0 saturated heterocycles. The SMILES string of the molecule is Nc1ccccc1-c1nnc(SCC(=O)Nc2nc3ccccc3[nH]2)o1. The van der Waals surface area contributed by atoms with E-state index >= 15 is 0 Å². The molecule has 1 amide bonds. The lowest BCUT2D eigenvalue weighted by molar-refractivity contribution is -0.113. The third kappa shape index (κ3) is 3.38. The van der Waals surface area contributed by atoms with Gasteiger partial charge in [0.15, 0.2) is 0 Å². The van der Waals surface area contributed by atoms with E-state index in [0.29, 0.717) is 28.3 Å². The first kappa shape index (κ1) is 16.2. The molecule has 2 aromatic heterocycles. The number of nitrogens with zero attached hydrogens (tertiary/aromatic N) is 3. The van der Waals surface area contributed by atoms with Crippen LogP contribution in [0.2, 0.25) is 0 Å². The molecule has 2 heterocycles. The second kappa shape index (κ2) is 6.89. The lowest BCUT2D eigenvalue weighted by Gasteiger charge is -2.00. The van der Waals surface area contributed by atoms with Crippen molar-refractivity contribution < 1.29 is 9.21 Å². The van der Waals surface area contributed by atoms with Crippen LogP contribution in [0.3, 0.4) is 0 Å². The number of rotatable bonds is 5. The summed E-state index contributed by atoms with van der Waals surface area (Å²) in [5.74, 6) is 0.611. The number of nitrogens with one attached hydrogen (secondary N) is 2. The second-order valence-corrected chi connectivity index (χ2v) is 6.33. The highest BCUT2D eigenvalue weighted by Crippen LogP contribution is 2.27. The largest absolute Gasteiger partial charge is 0.411 e. The van der Waals surface area contributed by atoms with Crippen LogP contribution in [0.1, 0.15) is 0 Å². The molecule has 0 spiro atoms. The highest BCUT2D eigenvalue weighted by molar-refractivity contribution is 7.99. The van der Waals surface area contributed by atoms with E-state index in [-0.39, 0.29) is 11.7 Å². The van der Waals surface area contributed by atoms with Gasteiger partial charge in [-0.05, 0) is 24.3 Å². The second-order valence-electron chi connectivity index (χ2n) is 5.40. The highest BCUT2D eigenvalue weighted by atomic mass is 32.2. The number of nitrogens with two attached hydrogens (primary N) is 1. The number of fused-ring (bicyclic) bond motifs is 1. The van der Waals surface area contributed by atoms with Gasteiger partial charge in [-0.15, -0.1) is 10.2 Å². The summed E-state index contributed by atoms with van der Waals surface area (Å²) in [4.78, 5) is 19.4. The number of benzene rings is 2. The molecule has 26 heavy (non-hydrogen) atoms.